The molecule has 1 aliphatic rings. The Labute approximate surface area is 173 Å². The molecule has 0 saturated carbocycles. The maximum absolute atomic E-state index is 13.3. The number of non-ortho nitro benzene ring substituents is 1. The molecular formula is C22H22N4O4. The van der Waals surface area contributed by atoms with Crippen molar-refractivity contribution in [1.29, 1.82) is 0 Å². The van der Waals surface area contributed by atoms with E-state index in [9.17, 15) is 14.9 Å². The minimum atomic E-state index is -0.511. The first-order valence-electron chi connectivity index (χ1n) is 9.53. The molecule has 0 bridgehead atoms. The smallest absolute Gasteiger partial charge is 0.273 e. The van der Waals surface area contributed by atoms with Gasteiger partial charge in [0.25, 0.3) is 11.6 Å². The van der Waals surface area contributed by atoms with Crippen LogP contribution in [0.2, 0.25) is 0 Å². The highest BCUT2D eigenvalue weighted by Gasteiger charge is 2.46. The number of fused-ring (bicyclic) bond motifs is 1. The van der Waals surface area contributed by atoms with Gasteiger partial charge < -0.3 is 9.64 Å². The Morgan fingerprint density at radius 3 is 2.47 bits per heavy atom. The van der Waals surface area contributed by atoms with Crippen molar-refractivity contribution in [3.05, 3.63) is 75.5 Å². The van der Waals surface area contributed by atoms with Gasteiger partial charge in [-0.15, -0.1) is 0 Å². The number of aromatic nitrogens is 2. The Bertz CT molecular complexity index is 1130. The number of nitro benzene ring substituents is 1. The van der Waals surface area contributed by atoms with E-state index in [1.54, 1.807) is 18.1 Å². The van der Waals surface area contributed by atoms with E-state index in [0.717, 1.165) is 11.1 Å². The second-order valence-corrected chi connectivity index (χ2v) is 8.19. The molecule has 1 amide bonds. The van der Waals surface area contributed by atoms with Crippen LogP contribution < -0.4 is 4.74 Å². The fourth-order valence-corrected chi connectivity index (χ4v) is 3.93. The Morgan fingerprint density at radius 1 is 1.17 bits per heavy atom. The molecule has 1 aliphatic heterocycles. The van der Waals surface area contributed by atoms with Gasteiger partial charge >= 0.3 is 0 Å². The molecule has 0 radical (unpaired) electrons. The number of hydrogen-bond donors (Lipinski definition) is 1. The minimum absolute atomic E-state index is 0.0169. The standard InChI is InChI=1S/C22H22N4O4/c1-22(2,3)25-20(14-6-5-7-15(12-14)26(28)29)17-18(23-24-19(17)21(25)27)13-8-10-16(30-4)11-9-13/h5-12,20H,1-4H3,(H,23,24). The zero-order chi connectivity index (χ0) is 21.6. The van der Waals surface area contributed by atoms with Gasteiger partial charge in [0.2, 0.25) is 0 Å². The van der Waals surface area contributed by atoms with Gasteiger partial charge in [-0.2, -0.15) is 5.10 Å². The number of amides is 1. The quantitative estimate of drug-likeness (QED) is 0.513. The van der Waals surface area contributed by atoms with Gasteiger partial charge in [-0.3, -0.25) is 20.0 Å². The van der Waals surface area contributed by atoms with Crippen molar-refractivity contribution in [2.45, 2.75) is 32.4 Å². The van der Waals surface area contributed by atoms with Crippen LogP contribution in [0.15, 0.2) is 48.5 Å². The molecule has 0 saturated heterocycles. The summed E-state index contributed by atoms with van der Waals surface area (Å²) in [6.07, 6.45) is 0. The van der Waals surface area contributed by atoms with Gasteiger partial charge in [-0.1, -0.05) is 12.1 Å². The van der Waals surface area contributed by atoms with Crippen LogP contribution in [0.1, 0.15) is 48.4 Å². The van der Waals surface area contributed by atoms with E-state index in [4.69, 9.17) is 4.74 Å². The lowest BCUT2D eigenvalue weighted by molar-refractivity contribution is -0.384. The largest absolute Gasteiger partial charge is 0.497 e. The van der Waals surface area contributed by atoms with Gasteiger partial charge in [0, 0.05) is 28.8 Å². The van der Waals surface area contributed by atoms with E-state index in [2.05, 4.69) is 10.2 Å². The Kier molecular flexibility index (Phi) is 4.57. The van der Waals surface area contributed by atoms with Crippen LogP contribution in [0.4, 0.5) is 5.69 Å². The summed E-state index contributed by atoms with van der Waals surface area (Å²) in [5.74, 6) is 0.537. The third-order valence-electron chi connectivity index (χ3n) is 5.25. The summed E-state index contributed by atoms with van der Waals surface area (Å²) in [4.78, 5) is 26.0. The highest BCUT2D eigenvalue weighted by Crippen LogP contribution is 2.46. The number of aromatic amines is 1. The normalized spacial score (nSPS) is 15.9. The van der Waals surface area contributed by atoms with Gasteiger partial charge in [0.15, 0.2) is 0 Å². The molecule has 2 aromatic carbocycles. The minimum Gasteiger partial charge on any atom is -0.497 e. The molecule has 30 heavy (non-hydrogen) atoms. The average Bonchev–Trinajstić information content (AvgIpc) is 3.27. The zero-order valence-corrected chi connectivity index (χ0v) is 17.2. The van der Waals surface area contributed by atoms with Crippen LogP contribution in [0, 0.1) is 10.1 Å². The zero-order valence-electron chi connectivity index (χ0n) is 17.2. The summed E-state index contributed by atoms with van der Waals surface area (Å²) in [6.45, 7) is 5.84. The van der Waals surface area contributed by atoms with Crippen molar-refractivity contribution >= 4 is 11.6 Å². The third-order valence-corrected chi connectivity index (χ3v) is 5.25. The van der Waals surface area contributed by atoms with E-state index < -0.39 is 16.5 Å². The molecular weight excluding hydrogens is 384 g/mol. The van der Waals surface area contributed by atoms with Crippen molar-refractivity contribution in [3.63, 3.8) is 0 Å². The predicted octanol–water partition coefficient (Wildman–Crippen LogP) is 4.34. The number of H-pyrrole nitrogens is 1. The van der Waals surface area contributed by atoms with Gasteiger partial charge in [-0.05, 0) is 50.6 Å². The van der Waals surface area contributed by atoms with Crippen molar-refractivity contribution in [1.82, 2.24) is 15.1 Å². The Morgan fingerprint density at radius 2 is 1.87 bits per heavy atom. The molecule has 0 aliphatic carbocycles. The van der Waals surface area contributed by atoms with Crippen LogP contribution in [-0.4, -0.2) is 38.6 Å². The number of ether oxygens (including phenoxy) is 1. The van der Waals surface area contributed by atoms with Gasteiger partial charge in [0.1, 0.15) is 11.4 Å². The molecule has 4 rings (SSSR count). The number of carbonyl (C=O) groups excluding carboxylic acids is 1. The maximum Gasteiger partial charge on any atom is 0.273 e. The number of methoxy groups -OCH3 is 1. The number of hydrogen-bond acceptors (Lipinski definition) is 5. The van der Waals surface area contributed by atoms with Gasteiger partial charge in [-0.25, -0.2) is 0 Å². The number of benzene rings is 2. The molecule has 1 N–H and O–H groups in total. The molecule has 3 aromatic rings. The van der Waals surface area contributed by atoms with Crippen molar-refractivity contribution < 1.29 is 14.5 Å². The van der Waals surface area contributed by atoms with E-state index in [0.29, 0.717) is 22.7 Å². The van der Waals surface area contributed by atoms with E-state index in [-0.39, 0.29) is 11.6 Å². The molecule has 1 aromatic heterocycles. The van der Waals surface area contributed by atoms with E-state index in [1.165, 1.54) is 12.1 Å². The van der Waals surface area contributed by atoms with Crippen LogP contribution in [0.3, 0.4) is 0 Å². The molecule has 0 fully saturated rings. The first-order valence-corrected chi connectivity index (χ1v) is 9.53. The lowest BCUT2D eigenvalue weighted by Crippen LogP contribution is -2.44. The number of carbonyl (C=O) groups is 1. The van der Waals surface area contributed by atoms with E-state index in [1.807, 2.05) is 51.1 Å². The molecule has 1 unspecified atom stereocenters. The van der Waals surface area contributed by atoms with Crippen molar-refractivity contribution in [2.75, 3.05) is 7.11 Å². The molecule has 154 valence electrons. The molecule has 0 spiro atoms. The number of nitro groups is 1. The maximum atomic E-state index is 13.3. The molecule has 2 heterocycles. The monoisotopic (exact) mass is 406 g/mol. The second-order valence-electron chi connectivity index (χ2n) is 8.19. The Hall–Kier alpha value is -3.68. The second kappa shape index (κ2) is 6.98. The topological polar surface area (TPSA) is 101 Å². The van der Waals surface area contributed by atoms with Crippen molar-refractivity contribution in [3.8, 4) is 17.0 Å². The van der Waals surface area contributed by atoms with Crippen LogP contribution in [0.25, 0.3) is 11.3 Å². The third kappa shape index (κ3) is 3.10. The molecule has 8 heteroatoms. The van der Waals surface area contributed by atoms with Crippen LogP contribution in [-0.2, 0) is 0 Å². The lowest BCUT2D eigenvalue weighted by atomic mass is 9.93. The van der Waals surface area contributed by atoms with Crippen molar-refractivity contribution in [2.24, 2.45) is 0 Å². The number of nitrogens with zero attached hydrogens (tertiary/aromatic N) is 3. The lowest BCUT2D eigenvalue weighted by Gasteiger charge is -2.37. The molecule has 1 atom stereocenters. The summed E-state index contributed by atoms with van der Waals surface area (Å²) in [5, 5.41) is 18.7. The van der Waals surface area contributed by atoms with Gasteiger partial charge in [0.05, 0.1) is 23.8 Å². The van der Waals surface area contributed by atoms with Crippen LogP contribution >= 0.6 is 0 Å². The fourth-order valence-electron chi connectivity index (χ4n) is 3.93. The highest BCUT2D eigenvalue weighted by molar-refractivity contribution is 6.00. The fraction of sp³-hybridized carbons (Fsp3) is 0.273. The first kappa shape index (κ1) is 19.6. The highest BCUT2D eigenvalue weighted by atomic mass is 16.6. The number of nitrogens with one attached hydrogen (secondary N) is 1. The summed E-state index contributed by atoms with van der Waals surface area (Å²) in [5.41, 5.74) is 2.74. The first-order chi connectivity index (χ1) is 14.2. The summed E-state index contributed by atoms with van der Waals surface area (Å²) >= 11 is 0. The molecule has 8 nitrogen and oxygen atoms in total. The number of rotatable bonds is 4. The summed E-state index contributed by atoms with van der Waals surface area (Å²) in [6, 6.07) is 13.3. The predicted molar refractivity (Wildman–Crippen MR) is 111 cm³/mol. The Balaban J connectivity index is 1.92. The van der Waals surface area contributed by atoms with E-state index >= 15 is 0 Å². The summed E-state index contributed by atoms with van der Waals surface area (Å²) < 4.78 is 5.23. The average molecular weight is 406 g/mol. The van der Waals surface area contributed by atoms with Crippen LogP contribution in [0.5, 0.6) is 5.75 Å². The summed E-state index contributed by atoms with van der Waals surface area (Å²) in [7, 11) is 1.60. The SMILES string of the molecule is COc1ccc(-c2n[nH]c3c2C(c2cccc([N+](=O)[O-])c2)N(C(C)(C)C)C3=O)cc1.